The summed E-state index contributed by atoms with van der Waals surface area (Å²) >= 11 is 0. The first-order chi connectivity index (χ1) is 11.9. The van der Waals surface area contributed by atoms with E-state index in [0.717, 1.165) is 0 Å². The van der Waals surface area contributed by atoms with Crippen LogP contribution in [0.2, 0.25) is 0 Å². The zero-order chi connectivity index (χ0) is 20.2. The van der Waals surface area contributed by atoms with Gasteiger partial charge in [0.05, 0.1) is 13.2 Å². The van der Waals surface area contributed by atoms with Crippen LogP contribution in [0.15, 0.2) is 0 Å². The van der Waals surface area contributed by atoms with Crippen LogP contribution >= 0.6 is 0 Å². The third-order valence-corrected chi connectivity index (χ3v) is 7.32. The molecule has 0 unspecified atom stereocenters. The van der Waals surface area contributed by atoms with Crippen LogP contribution in [0, 0.1) is 0 Å². The summed E-state index contributed by atoms with van der Waals surface area (Å²) < 4.78 is 35.0. The van der Waals surface area contributed by atoms with Crippen LogP contribution in [0.3, 0.4) is 0 Å². The van der Waals surface area contributed by atoms with E-state index in [4.69, 9.17) is 9.66 Å². The average molecular weight is 425 g/mol. The molecule has 14 heteroatoms. The molecule has 1 aliphatic heterocycles. The lowest BCUT2D eigenvalue weighted by molar-refractivity contribution is -0.129. The van der Waals surface area contributed by atoms with E-state index in [1.165, 1.54) is 0 Å². The largest absolute Gasteiger partial charge is 0.397 e. The van der Waals surface area contributed by atoms with Crippen LogP contribution in [-0.4, -0.2) is 127 Å². The predicted molar refractivity (Wildman–Crippen MR) is 87.5 cm³/mol. The molecular weight excluding hydrogens is 400 g/mol. The quantitative estimate of drug-likeness (QED) is 0.118. The Hall–Kier alpha value is -0.100. The summed E-state index contributed by atoms with van der Waals surface area (Å²) in [5, 5.41) is 76.0. The van der Waals surface area contributed by atoms with Crippen LogP contribution in [-0.2, 0) is 25.5 Å². The van der Waals surface area contributed by atoms with E-state index in [1.807, 2.05) is 0 Å². The Balaban J connectivity index is 2.95. The summed E-state index contributed by atoms with van der Waals surface area (Å²) in [6.07, 6.45) is -12.6. The summed E-state index contributed by atoms with van der Waals surface area (Å²) in [7, 11) is -6.18. The predicted octanol–water partition coefficient (Wildman–Crippen LogP) is -5.68. The number of aliphatic hydroxyl groups excluding tert-OH is 8. The van der Waals surface area contributed by atoms with Crippen molar-refractivity contribution in [1.29, 1.82) is 0 Å². The highest BCUT2D eigenvalue weighted by molar-refractivity contribution is 7.97. The molecule has 0 amide bonds. The molecule has 9 atom stereocenters. The maximum Gasteiger partial charge on any atom is 0.397 e. The van der Waals surface area contributed by atoms with E-state index >= 15 is 0 Å². The van der Waals surface area contributed by atoms with Gasteiger partial charge in [-0.05, 0) is 0 Å². The van der Waals surface area contributed by atoms with Crippen LogP contribution in [0.1, 0.15) is 0 Å². The van der Waals surface area contributed by atoms with E-state index < -0.39 is 82.5 Å². The highest BCUT2D eigenvalue weighted by Gasteiger charge is 2.52. The number of rotatable bonds is 10. The maximum atomic E-state index is 11.0. The van der Waals surface area contributed by atoms with Gasteiger partial charge in [-0.2, -0.15) is 8.42 Å². The molecule has 0 aromatic carbocycles. The summed E-state index contributed by atoms with van der Waals surface area (Å²) in [6, 6.07) is 0. The second-order valence-corrected chi connectivity index (χ2v) is 9.33. The molecule has 1 aliphatic rings. The van der Waals surface area contributed by atoms with Gasteiger partial charge < -0.3 is 40.9 Å². The fourth-order valence-corrected chi connectivity index (χ4v) is 5.83. The molecule has 0 aromatic rings. The number of hydrogen-bond donors (Lipinski definition) is 9. The van der Waals surface area contributed by atoms with Gasteiger partial charge in [0.15, 0.2) is 5.25 Å². The van der Waals surface area contributed by atoms with Crippen LogP contribution in [0.4, 0.5) is 0 Å². The number of hydrogen-bond acceptors (Lipinski definition) is 11. The Kier molecular flexibility index (Phi) is 9.12. The number of aliphatic hydroxyl groups is 8. The van der Waals surface area contributed by atoms with Gasteiger partial charge in [-0.3, -0.25) is 4.55 Å². The SMILES string of the molecule is O=S(=O)(O)O[C@@H]([C@H](O)[C@H](O)[C@@H](O)CO)[C@H](O)C[S@@+]1C[C@@H](O)[C@H](O)[C@H]1CO. The first-order valence-corrected chi connectivity index (χ1v) is 10.5. The zero-order valence-corrected chi connectivity index (χ0v) is 15.1. The molecule has 12 nitrogen and oxygen atoms in total. The normalized spacial score (nSPS) is 32.8. The maximum absolute atomic E-state index is 11.0. The highest BCUT2D eigenvalue weighted by Crippen LogP contribution is 2.26. The lowest BCUT2D eigenvalue weighted by Gasteiger charge is -2.30. The van der Waals surface area contributed by atoms with Gasteiger partial charge in [-0.1, -0.05) is 0 Å². The van der Waals surface area contributed by atoms with Gasteiger partial charge in [-0.25, -0.2) is 4.18 Å². The van der Waals surface area contributed by atoms with Gasteiger partial charge in [0, 0.05) is 10.9 Å². The van der Waals surface area contributed by atoms with E-state index in [-0.39, 0.29) is 11.5 Å². The minimum Gasteiger partial charge on any atom is -0.394 e. The molecule has 9 N–H and O–H groups in total. The summed E-state index contributed by atoms with van der Waals surface area (Å²) in [5.74, 6) is -0.363. The van der Waals surface area contributed by atoms with Crippen molar-refractivity contribution in [1.82, 2.24) is 0 Å². The van der Waals surface area contributed by atoms with Gasteiger partial charge in [-0.15, -0.1) is 0 Å². The van der Waals surface area contributed by atoms with Crippen molar-refractivity contribution in [3.8, 4) is 0 Å². The second kappa shape index (κ2) is 9.90. The summed E-state index contributed by atoms with van der Waals surface area (Å²) in [4.78, 5) is 0. The Morgan fingerprint density at radius 1 is 1.04 bits per heavy atom. The van der Waals surface area contributed by atoms with Crippen molar-refractivity contribution >= 4 is 21.3 Å². The molecule has 1 rings (SSSR count). The van der Waals surface area contributed by atoms with Gasteiger partial charge in [0.2, 0.25) is 0 Å². The van der Waals surface area contributed by atoms with Crippen molar-refractivity contribution in [2.45, 2.75) is 48.0 Å². The molecule has 0 bridgehead atoms. The molecule has 0 radical (unpaired) electrons. The first-order valence-electron chi connectivity index (χ1n) is 7.55. The topological polar surface area (TPSA) is 225 Å². The van der Waals surface area contributed by atoms with E-state index in [2.05, 4.69) is 4.18 Å². The van der Waals surface area contributed by atoms with Crippen molar-refractivity contribution in [3.05, 3.63) is 0 Å². The van der Waals surface area contributed by atoms with Crippen molar-refractivity contribution in [2.24, 2.45) is 0 Å². The lowest BCUT2D eigenvalue weighted by atomic mass is 10.0. The Labute approximate surface area is 152 Å². The highest BCUT2D eigenvalue weighted by atomic mass is 32.3. The lowest BCUT2D eigenvalue weighted by Crippen LogP contribution is -2.53. The monoisotopic (exact) mass is 425 g/mol. The summed E-state index contributed by atoms with van der Waals surface area (Å²) in [6.45, 7) is -1.51. The molecule has 0 spiro atoms. The third kappa shape index (κ3) is 6.22. The molecule has 1 heterocycles. The molecule has 1 saturated heterocycles. The molecule has 0 aromatic heterocycles. The van der Waals surface area contributed by atoms with Crippen molar-refractivity contribution in [3.63, 3.8) is 0 Å². The molecular formula is C12H25O12S2+. The molecule has 26 heavy (non-hydrogen) atoms. The van der Waals surface area contributed by atoms with Crippen LogP contribution in [0.25, 0.3) is 0 Å². The molecule has 0 saturated carbocycles. The van der Waals surface area contributed by atoms with Gasteiger partial charge in [0.25, 0.3) is 0 Å². The van der Waals surface area contributed by atoms with E-state index in [1.54, 1.807) is 0 Å². The standard InChI is InChI=1S/C12H24O12S2/c13-1-5(15)10(19)11(20)12(24-26(21,22)23)7(17)4-25-3-6(16)9(18)8(25)2-14/h5-20H,1-4H2/p+1/t5-,6+,7+,8+,9-,10+,11+,12+,25+/m0/s1. The summed E-state index contributed by atoms with van der Waals surface area (Å²) in [5.41, 5.74) is 0. The van der Waals surface area contributed by atoms with Crippen LogP contribution < -0.4 is 0 Å². The molecule has 156 valence electrons. The molecule has 0 aliphatic carbocycles. The Bertz CT molecular complexity index is 530. The fraction of sp³-hybridized carbons (Fsp3) is 1.00. The Morgan fingerprint density at radius 2 is 1.62 bits per heavy atom. The fourth-order valence-electron chi connectivity index (χ4n) is 2.62. The Morgan fingerprint density at radius 3 is 2.08 bits per heavy atom. The van der Waals surface area contributed by atoms with Gasteiger partial charge >= 0.3 is 10.4 Å². The minimum absolute atomic E-state index is 0.0139. The third-order valence-electron chi connectivity index (χ3n) is 4.03. The van der Waals surface area contributed by atoms with Crippen molar-refractivity contribution in [2.75, 3.05) is 24.7 Å². The van der Waals surface area contributed by atoms with E-state index in [0.29, 0.717) is 0 Å². The second-order valence-electron chi connectivity index (χ2n) is 5.94. The van der Waals surface area contributed by atoms with E-state index in [9.17, 15) is 44.2 Å². The van der Waals surface area contributed by atoms with Crippen LogP contribution in [0.5, 0.6) is 0 Å². The minimum atomic E-state index is -5.17. The average Bonchev–Trinajstić information content (AvgIpc) is 2.82. The zero-order valence-electron chi connectivity index (χ0n) is 13.5. The van der Waals surface area contributed by atoms with Crippen molar-refractivity contribution < 1.29 is 58.0 Å². The molecule has 1 fully saturated rings. The van der Waals surface area contributed by atoms with Gasteiger partial charge in [0.1, 0.15) is 54.2 Å². The first kappa shape index (κ1) is 23.9. The smallest absolute Gasteiger partial charge is 0.394 e.